The number of nitrogens with zero attached hydrogens (tertiary/aromatic N) is 5. The largest absolute Gasteiger partial charge is 0.472 e. The first-order chi connectivity index (χ1) is 17.6. The van der Waals surface area contributed by atoms with Crippen molar-refractivity contribution in [3.05, 3.63) is 30.0 Å². The number of nitrogens with one attached hydrogen (secondary N) is 1. The molecular formula is C26H34N6O4S. The van der Waals surface area contributed by atoms with Crippen molar-refractivity contribution in [2.24, 2.45) is 0 Å². The Morgan fingerprint density at radius 3 is 2.65 bits per heavy atom. The zero-order valence-corrected chi connectivity index (χ0v) is 22.5. The van der Waals surface area contributed by atoms with E-state index in [0.717, 1.165) is 53.3 Å². The molecule has 0 radical (unpaired) electrons. The number of aromatic nitrogens is 3. The Balaban J connectivity index is 1.24. The summed E-state index contributed by atoms with van der Waals surface area (Å²) in [6.45, 7) is 10.3. The van der Waals surface area contributed by atoms with E-state index >= 15 is 0 Å². The van der Waals surface area contributed by atoms with E-state index in [2.05, 4.69) is 20.2 Å². The van der Waals surface area contributed by atoms with Crippen molar-refractivity contribution >= 4 is 44.4 Å². The summed E-state index contributed by atoms with van der Waals surface area (Å²) in [5.41, 5.74) is 1.35. The minimum absolute atomic E-state index is 0.145. The standard InChI is InChI=1S/C26H34N6O4S/c1-16-11-22(30-23(12-16)35-18-7-10-32(15-18)25(34)36-26(2,3)4)29-21-13-19-20(14-27-21)37-24(28-19)31-8-5-17(33)6-9-31/h11-14,17-18,33H,5-10,15H2,1-4H3,(H,27,29,30)/t18-/m0/s1. The number of fused-ring (bicyclic) bond motifs is 1. The number of aliphatic hydroxyl groups excluding tert-OH is 1. The highest BCUT2D eigenvalue weighted by Gasteiger charge is 2.31. The number of likely N-dealkylation sites (tertiary alicyclic amines) is 1. The molecular weight excluding hydrogens is 492 g/mol. The van der Waals surface area contributed by atoms with Crippen LogP contribution in [0.15, 0.2) is 24.4 Å². The number of aliphatic hydroxyl groups is 1. The van der Waals surface area contributed by atoms with Gasteiger partial charge in [-0.3, -0.25) is 0 Å². The number of thiazole rings is 1. The zero-order chi connectivity index (χ0) is 26.2. The van der Waals surface area contributed by atoms with E-state index in [0.29, 0.717) is 30.6 Å². The number of carbonyl (C=O) groups excluding carboxylic acids is 1. The number of hydrogen-bond donors (Lipinski definition) is 2. The predicted molar refractivity (Wildman–Crippen MR) is 144 cm³/mol. The molecule has 37 heavy (non-hydrogen) atoms. The Labute approximate surface area is 220 Å². The van der Waals surface area contributed by atoms with Gasteiger partial charge in [-0.25, -0.2) is 14.8 Å². The summed E-state index contributed by atoms with van der Waals surface area (Å²) in [5, 5.41) is 14.0. The van der Waals surface area contributed by atoms with Crippen LogP contribution >= 0.6 is 11.3 Å². The number of ether oxygens (including phenoxy) is 2. The van der Waals surface area contributed by atoms with Crippen LogP contribution in [-0.2, 0) is 4.74 Å². The van der Waals surface area contributed by atoms with Gasteiger partial charge in [0.2, 0.25) is 5.88 Å². The average molecular weight is 527 g/mol. The highest BCUT2D eigenvalue weighted by molar-refractivity contribution is 7.22. The third kappa shape index (κ3) is 6.40. The Kier molecular flexibility index (Phi) is 7.09. The van der Waals surface area contributed by atoms with Crippen molar-refractivity contribution in [2.45, 2.75) is 64.8 Å². The SMILES string of the molecule is Cc1cc(Nc2cc3nc(N4CCC(O)CC4)sc3cn2)nc(O[C@H]2CCN(C(=O)OC(C)(C)C)C2)c1. The molecule has 0 saturated carbocycles. The summed E-state index contributed by atoms with van der Waals surface area (Å²) in [4.78, 5) is 30.3. The van der Waals surface area contributed by atoms with Gasteiger partial charge in [-0.15, -0.1) is 0 Å². The Morgan fingerprint density at radius 1 is 1.11 bits per heavy atom. The molecule has 3 aromatic rings. The van der Waals surface area contributed by atoms with Gasteiger partial charge >= 0.3 is 6.09 Å². The maximum Gasteiger partial charge on any atom is 0.410 e. The molecule has 0 aliphatic carbocycles. The van der Waals surface area contributed by atoms with E-state index in [1.165, 1.54) is 0 Å². The van der Waals surface area contributed by atoms with E-state index in [1.807, 2.05) is 52.1 Å². The first-order valence-electron chi connectivity index (χ1n) is 12.7. The molecule has 198 valence electrons. The van der Waals surface area contributed by atoms with Gasteiger partial charge in [-0.1, -0.05) is 11.3 Å². The van der Waals surface area contributed by atoms with E-state index < -0.39 is 5.60 Å². The highest BCUT2D eigenvalue weighted by Crippen LogP contribution is 2.32. The quantitative estimate of drug-likeness (QED) is 0.496. The lowest BCUT2D eigenvalue weighted by atomic mass is 10.1. The van der Waals surface area contributed by atoms with Gasteiger partial charge in [-0.05, 0) is 52.2 Å². The van der Waals surface area contributed by atoms with Gasteiger partial charge in [0.25, 0.3) is 0 Å². The molecule has 0 aromatic carbocycles. The topological polar surface area (TPSA) is 113 Å². The van der Waals surface area contributed by atoms with Gasteiger partial charge < -0.3 is 29.7 Å². The number of aryl methyl sites for hydroxylation is 1. The molecule has 2 aliphatic rings. The molecule has 3 aromatic heterocycles. The second-order valence-corrected chi connectivity index (χ2v) is 11.7. The molecule has 1 amide bonds. The molecule has 2 saturated heterocycles. The van der Waals surface area contributed by atoms with Gasteiger partial charge in [0.15, 0.2) is 5.13 Å². The number of carbonyl (C=O) groups is 1. The molecule has 1 atom stereocenters. The second-order valence-electron chi connectivity index (χ2n) is 10.7. The molecule has 5 rings (SSSR count). The van der Waals surface area contributed by atoms with E-state index in [1.54, 1.807) is 16.2 Å². The molecule has 5 heterocycles. The molecule has 0 spiro atoms. The van der Waals surface area contributed by atoms with E-state index in [4.69, 9.17) is 14.5 Å². The Morgan fingerprint density at radius 2 is 1.89 bits per heavy atom. The maximum atomic E-state index is 12.4. The summed E-state index contributed by atoms with van der Waals surface area (Å²) < 4.78 is 12.6. The smallest absolute Gasteiger partial charge is 0.410 e. The predicted octanol–water partition coefficient (Wildman–Crippen LogP) is 4.49. The van der Waals surface area contributed by atoms with Crippen molar-refractivity contribution < 1.29 is 19.4 Å². The van der Waals surface area contributed by atoms with Crippen LogP contribution in [0.3, 0.4) is 0 Å². The third-order valence-electron chi connectivity index (χ3n) is 6.29. The van der Waals surface area contributed by atoms with Crippen LogP contribution in [-0.4, -0.2) is 75.0 Å². The van der Waals surface area contributed by atoms with Crippen LogP contribution in [0.5, 0.6) is 5.88 Å². The number of amides is 1. The molecule has 2 aliphatic heterocycles. The molecule has 0 unspecified atom stereocenters. The first-order valence-corrected chi connectivity index (χ1v) is 13.5. The first kappa shape index (κ1) is 25.5. The summed E-state index contributed by atoms with van der Waals surface area (Å²) in [5.74, 6) is 1.78. The monoisotopic (exact) mass is 526 g/mol. The van der Waals surface area contributed by atoms with Crippen LogP contribution in [0.1, 0.15) is 45.6 Å². The van der Waals surface area contributed by atoms with E-state index in [9.17, 15) is 9.90 Å². The zero-order valence-electron chi connectivity index (χ0n) is 21.7. The van der Waals surface area contributed by atoms with Crippen molar-refractivity contribution in [1.29, 1.82) is 0 Å². The summed E-state index contributed by atoms with van der Waals surface area (Å²) in [6, 6.07) is 5.75. The normalized spacial score (nSPS) is 18.9. The van der Waals surface area contributed by atoms with Gasteiger partial charge in [0, 0.05) is 44.4 Å². The van der Waals surface area contributed by atoms with Crippen LogP contribution in [0, 0.1) is 6.92 Å². The number of rotatable bonds is 5. The van der Waals surface area contributed by atoms with E-state index in [-0.39, 0.29) is 18.3 Å². The van der Waals surface area contributed by atoms with Gasteiger partial charge in [0.1, 0.15) is 23.3 Å². The molecule has 11 heteroatoms. The number of anilines is 3. The molecule has 10 nitrogen and oxygen atoms in total. The molecule has 2 fully saturated rings. The highest BCUT2D eigenvalue weighted by atomic mass is 32.1. The fraction of sp³-hybridized carbons (Fsp3) is 0.538. The molecule has 0 bridgehead atoms. The van der Waals surface area contributed by atoms with Gasteiger partial charge in [-0.2, -0.15) is 4.98 Å². The van der Waals surface area contributed by atoms with Crippen molar-refractivity contribution in [1.82, 2.24) is 19.9 Å². The number of pyridine rings is 2. The third-order valence-corrected chi connectivity index (χ3v) is 7.35. The summed E-state index contributed by atoms with van der Waals surface area (Å²) in [7, 11) is 0. The number of hydrogen-bond acceptors (Lipinski definition) is 10. The number of piperidine rings is 1. The minimum Gasteiger partial charge on any atom is -0.472 e. The second kappa shape index (κ2) is 10.3. The Bertz CT molecular complexity index is 1270. The lowest BCUT2D eigenvalue weighted by Gasteiger charge is -2.28. The van der Waals surface area contributed by atoms with Gasteiger partial charge in [0.05, 0.1) is 22.9 Å². The summed E-state index contributed by atoms with van der Waals surface area (Å²) in [6.07, 6.45) is 3.41. The van der Waals surface area contributed by atoms with Crippen LogP contribution in [0.4, 0.5) is 21.6 Å². The van der Waals surface area contributed by atoms with Crippen molar-refractivity contribution in [3.63, 3.8) is 0 Å². The van der Waals surface area contributed by atoms with Crippen molar-refractivity contribution in [2.75, 3.05) is 36.4 Å². The minimum atomic E-state index is -0.525. The lowest BCUT2D eigenvalue weighted by molar-refractivity contribution is 0.0275. The maximum absolute atomic E-state index is 12.4. The van der Waals surface area contributed by atoms with Crippen molar-refractivity contribution in [3.8, 4) is 5.88 Å². The van der Waals surface area contributed by atoms with Crippen LogP contribution < -0.4 is 15.0 Å². The summed E-state index contributed by atoms with van der Waals surface area (Å²) >= 11 is 1.62. The van der Waals surface area contributed by atoms with Crippen LogP contribution in [0.25, 0.3) is 10.2 Å². The average Bonchev–Trinajstić information content (AvgIpc) is 3.45. The molecule has 2 N–H and O–H groups in total. The van der Waals surface area contributed by atoms with Crippen LogP contribution in [0.2, 0.25) is 0 Å². The Hall–Kier alpha value is -3.18. The lowest BCUT2D eigenvalue weighted by Crippen LogP contribution is -2.36. The fourth-order valence-corrected chi connectivity index (χ4v) is 5.43. The fourth-order valence-electron chi connectivity index (χ4n) is 4.46.